The second kappa shape index (κ2) is 8.15. The van der Waals surface area contributed by atoms with Crippen LogP contribution in [0.15, 0.2) is 67.0 Å². The Kier molecular flexibility index (Phi) is 5.46. The highest BCUT2D eigenvalue weighted by molar-refractivity contribution is 5.77. The van der Waals surface area contributed by atoms with Crippen molar-refractivity contribution in [1.29, 1.82) is 0 Å². The summed E-state index contributed by atoms with van der Waals surface area (Å²) in [5.41, 5.74) is 2.77. The SMILES string of the molecule is COC(=O)C(Cc1ccc(OCc2ccccn2)cc1)c1ccc[nH]1. The Hall–Kier alpha value is -3.08. The molecule has 3 rings (SSSR count). The number of nitrogens with one attached hydrogen (secondary N) is 1. The molecule has 0 saturated carbocycles. The molecule has 25 heavy (non-hydrogen) atoms. The van der Waals surface area contributed by atoms with Gasteiger partial charge in [-0.2, -0.15) is 0 Å². The van der Waals surface area contributed by atoms with Gasteiger partial charge in [-0.15, -0.1) is 0 Å². The van der Waals surface area contributed by atoms with Crippen LogP contribution in [0.2, 0.25) is 0 Å². The van der Waals surface area contributed by atoms with Gasteiger partial charge in [0.2, 0.25) is 0 Å². The van der Waals surface area contributed by atoms with Crippen molar-refractivity contribution in [2.75, 3.05) is 7.11 Å². The van der Waals surface area contributed by atoms with Gasteiger partial charge in [0.15, 0.2) is 0 Å². The zero-order chi connectivity index (χ0) is 17.5. The molecule has 0 fully saturated rings. The summed E-state index contributed by atoms with van der Waals surface area (Å²) in [5, 5.41) is 0. The number of benzene rings is 1. The van der Waals surface area contributed by atoms with Gasteiger partial charge in [-0.3, -0.25) is 9.78 Å². The Morgan fingerprint density at radius 2 is 1.96 bits per heavy atom. The molecule has 1 atom stereocenters. The van der Waals surface area contributed by atoms with Gasteiger partial charge in [0, 0.05) is 18.1 Å². The molecule has 0 aliphatic rings. The van der Waals surface area contributed by atoms with Gasteiger partial charge < -0.3 is 14.5 Å². The Balaban J connectivity index is 1.64. The number of carbonyl (C=O) groups excluding carboxylic acids is 1. The molecule has 0 bridgehead atoms. The van der Waals surface area contributed by atoms with Gasteiger partial charge in [-0.25, -0.2) is 0 Å². The predicted octanol–water partition coefficient (Wildman–Crippen LogP) is 3.49. The third kappa shape index (κ3) is 4.47. The molecule has 0 aliphatic carbocycles. The van der Waals surface area contributed by atoms with Crippen molar-refractivity contribution in [3.05, 3.63) is 83.9 Å². The van der Waals surface area contributed by atoms with E-state index in [-0.39, 0.29) is 11.9 Å². The highest BCUT2D eigenvalue weighted by atomic mass is 16.5. The van der Waals surface area contributed by atoms with Crippen LogP contribution in [-0.2, 0) is 22.6 Å². The van der Waals surface area contributed by atoms with Crippen LogP contribution < -0.4 is 4.74 Å². The zero-order valence-corrected chi connectivity index (χ0v) is 14.0. The summed E-state index contributed by atoms with van der Waals surface area (Å²) in [6, 6.07) is 17.2. The minimum atomic E-state index is -0.347. The molecular formula is C20H20N2O3. The van der Waals surface area contributed by atoms with Crippen LogP contribution in [0.3, 0.4) is 0 Å². The van der Waals surface area contributed by atoms with Crippen molar-refractivity contribution < 1.29 is 14.3 Å². The summed E-state index contributed by atoms with van der Waals surface area (Å²) in [4.78, 5) is 19.4. The molecule has 128 valence electrons. The molecule has 2 aromatic heterocycles. The minimum absolute atomic E-state index is 0.252. The average Bonchev–Trinajstić information content (AvgIpc) is 3.20. The van der Waals surface area contributed by atoms with Crippen LogP contribution >= 0.6 is 0 Å². The maximum atomic E-state index is 12.1. The van der Waals surface area contributed by atoms with Crippen LogP contribution in [0, 0.1) is 0 Å². The average molecular weight is 336 g/mol. The smallest absolute Gasteiger partial charge is 0.315 e. The molecule has 1 N–H and O–H groups in total. The molecule has 2 heterocycles. The number of carbonyl (C=O) groups is 1. The third-order valence-corrected chi connectivity index (χ3v) is 3.96. The number of aromatic nitrogens is 2. The van der Waals surface area contributed by atoms with Gasteiger partial charge in [-0.05, 0) is 48.4 Å². The lowest BCUT2D eigenvalue weighted by atomic mass is 9.96. The molecule has 0 aliphatic heterocycles. The highest BCUT2D eigenvalue weighted by Gasteiger charge is 2.22. The van der Waals surface area contributed by atoms with Gasteiger partial charge in [0.05, 0.1) is 12.8 Å². The Bertz CT molecular complexity index is 784. The van der Waals surface area contributed by atoms with E-state index in [9.17, 15) is 4.79 Å². The lowest BCUT2D eigenvalue weighted by molar-refractivity contribution is -0.142. The molecule has 0 amide bonds. The molecule has 5 nitrogen and oxygen atoms in total. The summed E-state index contributed by atoms with van der Waals surface area (Å²) in [5.74, 6) is 0.169. The van der Waals surface area contributed by atoms with Crippen molar-refractivity contribution in [2.45, 2.75) is 18.9 Å². The number of pyridine rings is 1. The van der Waals surface area contributed by atoms with Gasteiger partial charge in [0.1, 0.15) is 18.3 Å². The van der Waals surface area contributed by atoms with Crippen molar-refractivity contribution in [3.8, 4) is 5.75 Å². The number of methoxy groups -OCH3 is 1. The molecule has 1 unspecified atom stereocenters. The maximum Gasteiger partial charge on any atom is 0.315 e. The monoisotopic (exact) mass is 336 g/mol. The number of H-pyrrole nitrogens is 1. The van der Waals surface area contributed by atoms with E-state index >= 15 is 0 Å². The molecule has 0 radical (unpaired) electrons. The number of ether oxygens (including phenoxy) is 2. The first-order valence-corrected chi connectivity index (χ1v) is 8.09. The first kappa shape index (κ1) is 16.8. The molecular weight excluding hydrogens is 316 g/mol. The number of rotatable bonds is 7. The Morgan fingerprint density at radius 3 is 2.60 bits per heavy atom. The Morgan fingerprint density at radius 1 is 1.12 bits per heavy atom. The second-order valence-electron chi connectivity index (χ2n) is 5.66. The van der Waals surface area contributed by atoms with E-state index < -0.39 is 0 Å². The van der Waals surface area contributed by atoms with E-state index in [1.165, 1.54) is 7.11 Å². The lowest BCUT2D eigenvalue weighted by Gasteiger charge is -2.14. The molecule has 0 saturated heterocycles. The van der Waals surface area contributed by atoms with Crippen LogP contribution in [0.5, 0.6) is 5.75 Å². The summed E-state index contributed by atoms with van der Waals surface area (Å²) < 4.78 is 10.7. The molecule has 0 spiro atoms. The van der Waals surface area contributed by atoms with Crippen LogP contribution in [-0.4, -0.2) is 23.0 Å². The predicted molar refractivity (Wildman–Crippen MR) is 94.3 cm³/mol. The van der Waals surface area contributed by atoms with E-state index in [1.54, 1.807) is 12.4 Å². The normalized spacial score (nSPS) is 11.7. The van der Waals surface area contributed by atoms with Crippen molar-refractivity contribution in [2.24, 2.45) is 0 Å². The van der Waals surface area contributed by atoms with E-state index in [0.29, 0.717) is 13.0 Å². The highest BCUT2D eigenvalue weighted by Crippen LogP contribution is 2.23. The first-order valence-electron chi connectivity index (χ1n) is 8.09. The Labute approximate surface area is 146 Å². The fourth-order valence-corrected chi connectivity index (χ4v) is 2.62. The minimum Gasteiger partial charge on any atom is -0.487 e. The van der Waals surface area contributed by atoms with Gasteiger partial charge >= 0.3 is 5.97 Å². The molecule has 5 heteroatoms. The fraction of sp³-hybridized carbons (Fsp3) is 0.200. The number of esters is 1. The molecule has 1 aromatic carbocycles. The van der Waals surface area contributed by atoms with Gasteiger partial charge in [0.25, 0.3) is 0 Å². The van der Waals surface area contributed by atoms with E-state index in [1.807, 2.05) is 54.6 Å². The summed E-state index contributed by atoms with van der Waals surface area (Å²) in [7, 11) is 1.41. The van der Waals surface area contributed by atoms with Crippen LogP contribution in [0.25, 0.3) is 0 Å². The number of hydrogen-bond acceptors (Lipinski definition) is 4. The topological polar surface area (TPSA) is 64.2 Å². The summed E-state index contributed by atoms with van der Waals surface area (Å²) in [6.45, 7) is 0.424. The van der Waals surface area contributed by atoms with Crippen LogP contribution in [0.4, 0.5) is 0 Å². The van der Waals surface area contributed by atoms with E-state index in [0.717, 1.165) is 22.7 Å². The lowest BCUT2D eigenvalue weighted by Crippen LogP contribution is -2.17. The fourth-order valence-electron chi connectivity index (χ4n) is 2.62. The second-order valence-corrected chi connectivity index (χ2v) is 5.66. The van der Waals surface area contributed by atoms with Crippen molar-refractivity contribution >= 4 is 5.97 Å². The van der Waals surface area contributed by atoms with Gasteiger partial charge in [-0.1, -0.05) is 18.2 Å². The van der Waals surface area contributed by atoms with Crippen molar-refractivity contribution in [1.82, 2.24) is 9.97 Å². The first-order chi connectivity index (χ1) is 12.3. The summed E-state index contributed by atoms with van der Waals surface area (Å²) in [6.07, 6.45) is 4.11. The molecule has 3 aromatic rings. The largest absolute Gasteiger partial charge is 0.487 e. The standard InChI is InChI=1S/C20H20N2O3/c1-24-20(23)18(19-6-4-12-22-19)13-15-7-9-17(10-8-15)25-14-16-5-2-3-11-21-16/h2-12,18,22H,13-14H2,1H3. The quantitative estimate of drug-likeness (QED) is 0.671. The third-order valence-electron chi connectivity index (χ3n) is 3.96. The maximum absolute atomic E-state index is 12.1. The number of aromatic amines is 1. The van der Waals surface area contributed by atoms with E-state index in [4.69, 9.17) is 9.47 Å². The number of hydrogen-bond donors (Lipinski definition) is 1. The summed E-state index contributed by atoms with van der Waals surface area (Å²) >= 11 is 0. The van der Waals surface area contributed by atoms with Crippen molar-refractivity contribution in [3.63, 3.8) is 0 Å². The number of nitrogens with zero attached hydrogens (tertiary/aromatic N) is 1. The zero-order valence-electron chi connectivity index (χ0n) is 14.0. The van der Waals surface area contributed by atoms with E-state index in [2.05, 4.69) is 9.97 Å². The van der Waals surface area contributed by atoms with Crippen LogP contribution in [0.1, 0.15) is 22.9 Å².